The second kappa shape index (κ2) is 5.35. The minimum atomic E-state index is -0.195. The molecule has 0 saturated carbocycles. The van der Waals surface area contributed by atoms with Gasteiger partial charge in [-0.1, -0.05) is 19.0 Å². The van der Waals surface area contributed by atoms with Crippen LogP contribution in [0, 0.1) is 6.92 Å². The molecule has 6 nitrogen and oxygen atoms in total. The van der Waals surface area contributed by atoms with Crippen molar-refractivity contribution in [1.82, 2.24) is 20.0 Å². The van der Waals surface area contributed by atoms with Crippen LogP contribution < -0.4 is 5.32 Å². The average molecular weight is 288 g/mol. The smallest absolute Gasteiger partial charge is 0.290 e. The largest absolute Gasteiger partial charge is 0.351 e. The van der Waals surface area contributed by atoms with Crippen LogP contribution in [0.25, 0.3) is 0 Å². The molecule has 2 aromatic rings. The molecule has 0 bridgehead atoms. The van der Waals surface area contributed by atoms with Crippen LogP contribution in [0.4, 0.5) is 0 Å². The Morgan fingerprint density at radius 3 is 3.05 bits per heavy atom. The first-order valence-electron chi connectivity index (χ1n) is 7.33. The van der Waals surface area contributed by atoms with Crippen molar-refractivity contribution in [3.8, 4) is 0 Å². The van der Waals surface area contributed by atoms with Gasteiger partial charge in [0.2, 0.25) is 5.76 Å². The maximum atomic E-state index is 12.2. The van der Waals surface area contributed by atoms with Crippen LogP contribution in [0.15, 0.2) is 16.8 Å². The SMILES string of the molecule is Cc1cn2c(n1)CCC(NC(=O)c1cc(C(C)C)no1)C2. The van der Waals surface area contributed by atoms with E-state index < -0.39 is 0 Å². The van der Waals surface area contributed by atoms with Crippen LogP contribution >= 0.6 is 0 Å². The molecule has 1 amide bonds. The zero-order valence-corrected chi connectivity index (χ0v) is 12.6. The predicted molar refractivity (Wildman–Crippen MR) is 77.1 cm³/mol. The maximum absolute atomic E-state index is 12.2. The lowest BCUT2D eigenvalue weighted by atomic mass is 10.1. The summed E-state index contributed by atoms with van der Waals surface area (Å²) in [6.45, 7) is 6.78. The number of amides is 1. The number of carbonyl (C=O) groups excluding carboxylic acids is 1. The number of hydrogen-bond acceptors (Lipinski definition) is 4. The van der Waals surface area contributed by atoms with Crippen LogP contribution in [-0.4, -0.2) is 26.7 Å². The lowest BCUT2D eigenvalue weighted by Crippen LogP contribution is -2.40. The summed E-state index contributed by atoms with van der Waals surface area (Å²) in [4.78, 5) is 16.7. The van der Waals surface area contributed by atoms with E-state index in [1.165, 1.54) is 0 Å². The second-order valence-electron chi connectivity index (χ2n) is 5.93. The summed E-state index contributed by atoms with van der Waals surface area (Å²) in [6, 6.07) is 1.82. The molecule has 0 radical (unpaired) electrons. The van der Waals surface area contributed by atoms with Gasteiger partial charge in [0.25, 0.3) is 5.91 Å². The molecule has 0 spiro atoms. The van der Waals surface area contributed by atoms with E-state index >= 15 is 0 Å². The van der Waals surface area contributed by atoms with Crippen LogP contribution in [0.2, 0.25) is 0 Å². The van der Waals surface area contributed by atoms with E-state index in [1.54, 1.807) is 6.07 Å². The minimum Gasteiger partial charge on any atom is -0.351 e. The molecule has 1 aliphatic rings. The van der Waals surface area contributed by atoms with E-state index in [-0.39, 0.29) is 23.6 Å². The molecule has 0 saturated heterocycles. The summed E-state index contributed by atoms with van der Waals surface area (Å²) in [5, 5.41) is 6.93. The number of nitrogens with zero attached hydrogens (tertiary/aromatic N) is 3. The fourth-order valence-corrected chi connectivity index (χ4v) is 2.63. The number of fused-ring (bicyclic) bond motifs is 1. The first kappa shape index (κ1) is 13.9. The number of aromatic nitrogens is 3. The fraction of sp³-hybridized carbons (Fsp3) is 0.533. The highest BCUT2D eigenvalue weighted by atomic mass is 16.5. The molecule has 1 aliphatic heterocycles. The summed E-state index contributed by atoms with van der Waals surface area (Å²) in [6.07, 6.45) is 3.80. The predicted octanol–water partition coefficient (Wildman–Crippen LogP) is 2.05. The van der Waals surface area contributed by atoms with Gasteiger partial charge in [0.15, 0.2) is 0 Å². The molecule has 1 N–H and O–H groups in total. The highest BCUT2D eigenvalue weighted by Gasteiger charge is 2.23. The zero-order valence-electron chi connectivity index (χ0n) is 12.6. The lowest BCUT2D eigenvalue weighted by molar-refractivity contribution is 0.0890. The highest BCUT2D eigenvalue weighted by Crippen LogP contribution is 2.17. The van der Waals surface area contributed by atoms with Gasteiger partial charge >= 0.3 is 0 Å². The maximum Gasteiger partial charge on any atom is 0.290 e. The molecule has 6 heteroatoms. The van der Waals surface area contributed by atoms with Crippen molar-refractivity contribution < 1.29 is 9.32 Å². The van der Waals surface area contributed by atoms with Crippen LogP contribution in [0.1, 0.15) is 54.0 Å². The average Bonchev–Trinajstić information content (AvgIpc) is 3.03. The molecule has 112 valence electrons. The van der Waals surface area contributed by atoms with Gasteiger partial charge in [-0.25, -0.2) is 4.98 Å². The summed E-state index contributed by atoms with van der Waals surface area (Å²) in [5.41, 5.74) is 1.82. The van der Waals surface area contributed by atoms with Gasteiger partial charge in [-0.2, -0.15) is 0 Å². The molecule has 21 heavy (non-hydrogen) atoms. The third-order valence-corrected chi connectivity index (χ3v) is 3.79. The van der Waals surface area contributed by atoms with E-state index in [0.717, 1.165) is 36.6 Å². The zero-order chi connectivity index (χ0) is 15.0. The summed E-state index contributed by atoms with van der Waals surface area (Å²) < 4.78 is 7.24. The van der Waals surface area contributed by atoms with E-state index in [9.17, 15) is 4.79 Å². The van der Waals surface area contributed by atoms with Crippen molar-refractivity contribution in [1.29, 1.82) is 0 Å². The molecule has 0 fully saturated rings. The van der Waals surface area contributed by atoms with Crippen molar-refractivity contribution in [2.75, 3.05) is 0 Å². The molecule has 1 atom stereocenters. The topological polar surface area (TPSA) is 73.0 Å². The van der Waals surface area contributed by atoms with Crippen molar-refractivity contribution in [2.45, 2.75) is 52.1 Å². The number of carbonyl (C=O) groups is 1. The summed E-state index contributed by atoms with van der Waals surface area (Å²) in [7, 11) is 0. The van der Waals surface area contributed by atoms with Crippen LogP contribution in [0.3, 0.4) is 0 Å². The Labute approximate surface area is 123 Å². The van der Waals surface area contributed by atoms with E-state index in [4.69, 9.17) is 4.52 Å². The molecule has 3 rings (SSSR count). The van der Waals surface area contributed by atoms with Gasteiger partial charge in [-0.15, -0.1) is 0 Å². The standard InChI is InChI=1S/C15H20N4O2/c1-9(2)12-6-13(21-18-12)15(20)17-11-4-5-14-16-10(3)7-19(14)8-11/h6-7,9,11H,4-5,8H2,1-3H3,(H,17,20). The van der Waals surface area contributed by atoms with Gasteiger partial charge in [0.05, 0.1) is 11.4 Å². The third kappa shape index (κ3) is 2.84. The first-order chi connectivity index (χ1) is 10.0. The normalized spacial score (nSPS) is 17.8. The molecule has 0 aliphatic carbocycles. The highest BCUT2D eigenvalue weighted by molar-refractivity contribution is 5.91. The second-order valence-corrected chi connectivity index (χ2v) is 5.93. The lowest BCUT2D eigenvalue weighted by Gasteiger charge is -2.24. The Balaban J connectivity index is 1.65. The number of rotatable bonds is 3. The van der Waals surface area contributed by atoms with Crippen molar-refractivity contribution >= 4 is 5.91 Å². The number of aryl methyl sites for hydroxylation is 2. The quantitative estimate of drug-likeness (QED) is 0.938. The molecular weight excluding hydrogens is 268 g/mol. The van der Waals surface area contributed by atoms with E-state index in [0.29, 0.717) is 0 Å². The van der Waals surface area contributed by atoms with Gasteiger partial charge in [-0.05, 0) is 19.3 Å². The Morgan fingerprint density at radius 2 is 2.33 bits per heavy atom. The number of imidazole rings is 1. The number of hydrogen-bond donors (Lipinski definition) is 1. The molecule has 2 aromatic heterocycles. The molecular formula is C15H20N4O2. The summed E-state index contributed by atoms with van der Waals surface area (Å²) >= 11 is 0. The molecule has 3 heterocycles. The first-order valence-corrected chi connectivity index (χ1v) is 7.33. The summed E-state index contributed by atoms with van der Waals surface area (Å²) in [5.74, 6) is 1.44. The fourth-order valence-electron chi connectivity index (χ4n) is 2.63. The molecule has 1 unspecified atom stereocenters. The monoisotopic (exact) mass is 288 g/mol. The Hall–Kier alpha value is -2.11. The Bertz CT molecular complexity index is 656. The van der Waals surface area contributed by atoms with E-state index in [2.05, 4.69) is 20.0 Å². The number of nitrogens with one attached hydrogen (secondary N) is 1. The van der Waals surface area contributed by atoms with Gasteiger partial charge in [0, 0.05) is 31.3 Å². The van der Waals surface area contributed by atoms with Gasteiger partial charge in [0.1, 0.15) is 5.82 Å². The van der Waals surface area contributed by atoms with Crippen molar-refractivity contribution in [3.63, 3.8) is 0 Å². The minimum absolute atomic E-state index is 0.103. The van der Waals surface area contributed by atoms with Crippen molar-refractivity contribution in [2.24, 2.45) is 0 Å². The molecule has 0 aromatic carbocycles. The van der Waals surface area contributed by atoms with Crippen LogP contribution in [0.5, 0.6) is 0 Å². The van der Waals surface area contributed by atoms with E-state index in [1.807, 2.05) is 27.0 Å². The van der Waals surface area contributed by atoms with Crippen LogP contribution in [-0.2, 0) is 13.0 Å². The third-order valence-electron chi connectivity index (χ3n) is 3.79. The Morgan fingerprint density at radius 1 is 1.52 bits per heavy atom. The van der Waals surface area contributed by atoms with Crippen molar-refractivity contribution in [3.05, 3.63) is 35.2 Å². The van der Waals surface area contributed by atoms with Gasteiger partial charge < -0.3 is 14.4 Å². The van der Waals surface area contributed by atoms with Gasteiger partial charge in [-0.3, -0.25) is 4.79 Å². The Kier molecular flexibility index (Phi) is 3.53.